The summed E-state index contributed by atoms with van der Waals surface area (Å²) in [5.41, 5.74) is -0.190. The highest BCUT2D eigenvalue weighted by Gasteiger charge is 2.26. The van der Waals surface area contributed by atoms with Crippen molar-refractivity contribution in [1.29, 1.82) is 0 Å². The average Bonchev–Trinajstić information content (AvgIpc) is 2.04. The van der Waals surface area contributed by atoms with Crippen LogP contribution in [-0.2, 0) is 5.54 Å². The lowest BCUT2D eigenvalue weighted by Crippen LogP contribution is -2.37. The second-order valence-electron chi connectivity index (χ2n) is 3.66. The van der Waals surface area contributed by atoms with E-state index in [1.807, 2.05) is 14.1 Å². The topological polar surface area (TPSA) is 29.0 Å². The highest BCUT2D eigenvalue weighted by atomic mass is 35.5. The molecule has 72 valence electrons. The van der Waals surface area contributed by atoms with E-state index in [-0.39, 0.29) is 5.54 Å². The zero-order valence-electron chi connectivity index (χ0n) is 8.37. The molecule has 0 fully saturated rings. The summed E-state index contributed by atoms with van der Waals surface area (Å²) in [6.45, 7) is 4.11. The molecule has 0 atom stereocenters. The predicted molar refractivity (Wildman–Crippen MR) is 53.8 cm³/mol. The van der Waals surface area contributed by atoms with Gasteiger partial charge in [-0.15, -0.1) is 0 Å². The van der Waals surface area contributed by atoms with Crippen LogP contribution in [0, 0.1) is 0 Å². The van der Waals surface area contributed by atoms with Gasteiger partial charge in [-0.25, -0.2) is 9.97 Å². The Morgan fingerprint density at radius 2 is 2.00 bits per heavy atom. The molecule has 0 bridgehead atoms. The van der Waals surface area contributed by atoms with Crippen LogP contribution in [0.15, 0.2) is 12.3 Å². The summed E-state index contributed by atoms with van der Waals surface area (Å²) in [6.07, 6.45) is 1.68. The molecular formula is C9H14ClN3. The van der Waals surface area contributed by atoms with E-state index >= 15 is 0 Å². The maximum Gasteiger partial charge on any atom is 0.149 e. The van der Waals surface area contributed by atoms with Gasteiger partial charge in [-0.05, 0) is 34.0 Å². The highest BCUT2D eigenvalue weighted by Crippen LogP contribution is 2.22. The number of hydrogen-bond acceptors (Lipinski definition) is 3. The summed E-state index contributed by atoms with van der Waals surface area (Å²) in [5, 5.41) is 0.486. The molecule has 1 rings (SSSR count). The van der Waals surface area contributed by atoms with Gasteiger partial charge in [0.05, 0.1) is 5.54 Å². The molecule has 13 heavy (non-hydrogen) atoms. The average molecular weight is 200 g/mol. The summed E-state index contributed by atoms with van der Waals surface area (Å²) >= 11 is 5.79. The second kappa shape index (κ2) is 3.60. The van der Waals surface area contributed by atoms with Crippen LogP contribution in [0.2, 0.25) is 5.15 Å². The molecule has 0 aliphatic rings. The van der Waals surface area contributed by atoms with Gasteiger partial charge < -0.3 is 0 Å². The van der Waals surface area contributed by atoms with Crippen LogP contribution >= 0.6 is 11.6 Å². The third-order valence-corrected chi connectivity index (χ3v) is 2.50. The molecule has 0 aliphatic heterocycles. The van der Waals surface area contributed by atoms with Crippen molar-refractivity contribution in [3.8, 4) is 0 Å². The summed E-state index contributed by atoms with van der Waals surface area (Å²) in [6, 6.07) is 1.68. The molecule has 0 unspecified atom stereocenters. The van der Waals surface area contributed by atoms with Gasteiger partial charge in [0.15, 0.2) is 0 Å². The predicted octanol–water partition coefficient (Wildman–Crippen LogP) is 1.93. The lowest BCUT2D eigenvalue weighted by Gasteiger charge is -2.30. The first-order valence-electron chi connectivity index (χ1n) is 4.11. The SMILES string of the molecule is CN(C)C(C)(C)c1nccc(Cl)n1. The van der Waals surface area contributed by atoms with Crippen LogP contribution in [0.3, 0.4) is 0 Å². The first-order chi connectivity index (χ1) is 5.94. The molecule has 0 saturated heterocycles. The standard InChI is InChI=1S/C9H14ClN3/c1-9(2,13(3)4)8-11-6-5-7(10)12-8/h5-6H,1-4H3. The molecular weight excluding hydrogens is 186 g/mol. The fourth-order valence-electron chi connectivity index (χ4n) is 0.831. The van der Waals surface area contributed by atoms with Crippen LogP contribution in [0.4, 0.5) is 0 Å². The zero-order chi connectivity index (χ0) is 10.1. The molecule has 0 amide bonds. The molecule has 0 saturated carbocycles. The maximum atomic E-state index is 5.79. The first kappa shape index (κ1) is 10.4. The third kappa shape index (κ3) is 2.17. The van der Waals surface area contributed by atoms with Gasteiger partial charge in [0, 0.05) is 6.20 Å². The Hall–Kier alpha value is -0.670. The molecule has 0 radical (unpaired) electrons. The van der Waals surface area contributed by atoms with Crippen LogP contribution in [0.5, 0.6) is 0 Å². The number of hydrogen-bond donors (Lipinski definition) is 0. The van der Waals surface area contributed by atoms with Crippen molar-refractivity contribution in [3.63, 3.8) is 0 Å². The molecule has 4 heteroatoms. The number of halogens is 1. The fourth-order valence-corrected chi connectivity index (χ4v) is 0.968. The van der Waals surface area contributed by atoms with Crippen molar-refractivity contribution in [2.24, 2.45) is 0 Å². The second-order valence-corrected chi connectivity index (χ2v) is 4.04. The first-order valence-corrected chi connectivity index (χ1v) is 4.49. The Kier molecular flexibility index (Phi) is 2.88. The van der Waals surface area contributed by atoms with Crippen molar-refractivity contribution in [1.82, 2.24) is 14.9 Å². The van der Waals surface area contributed by atoms with Crippen LogP contribution < -0.4 is 0 Å². The quantitative estimate of drug-likeness (QED) is 0.682. The largest absolute Gasteiger partial charge is 0.298 e. The van der Waals surface area contributed by atoms with E-state index in [0.29, 0.717) is 5.15 Å². The lowest BCUT2D eigenvalue weighted by molar-refractivity contribution is 0.185. The van der Waals surface area contributed by atoms with E-state index in [4.69, 9.17) is 11.6 Å². The van der Waals surface area contributed by atoms with Crippen molar-refractivity contribution in [2.75, 3.05) is 14.1 Å². The molecule has 1 aromatic heterocycles. The molecule has 1 aromatic rings. The van der Waals surface area contributed by atoms with Crippen molar-refractivity contribution < 1.29 is 0 Å². The lowest BCUT2D eigenvalue weighted by atomic mass is 10.0. The molecule has 0 aliphatic carbocycles. The number of rotatable bonds is 2. The van der Waals surface area contributed by atoms with Gasteiger partial charge in [0.1, 0.15) is 11.0 Å². The van der Waals surface area contributed by atoms with E-state index < -0.39 is 0 Å². The Morgan fingerprint density at radius 1 is 1.38 bits per heavy atom. The maximum absolute atomic E-state index is 5.79. The van der Waals surface area contributed by atoms with E-state index in [2.05, 4.69) is 28.7 Å². The van der Waals surface area contributed by atoms with Crippen molar-refractivity contribution in [3.05, 3.63) is 23.2 Å². The van der Waals surface area contributed by atoms with Gasteiger partial charge in [-0.2, -0.15) is 0 Å². The Labute approximate surface area is 83.8 Å². The molecule has 0 N–H and O–H groups in total. The van der Waals surface area contributed by atoms with Gasteiger partial charge in [-0.3, -0.25) is 4.90 Å². The Balaban J connectivity index is 3.07. The molecule has 0 spiro atoms. The van der Waals surface area contributed by atoms with E-state index in [9.17, 15) is 0 Å². The molecule has 1 heterocycles. The van der Waals surface area contributed by atoms with Crippen LogP contribution in [0.25, 0.3) is 0 Å². The minimum atomic E-state index is -0.190. The normalized spacial score (nSPS) is 12.2. The Bertz CT molecular complexity index is 297. The zero-order valence-corrected chi connectivity index (χ0v) is 9.13. The van der Waals surface area contributed by atoms with Crippen molar-refractivity contribution >= 4 is 11.6 Å². The van der Waals surface area contributed by atoms with Crippen LogP contribution in [0.1, 0.15) is 19.7 Å². The highest BCUT2D eigenvalue weighted by molar-refractivity contribution is 6.29. The monoisotopic (exact) mass is 199 g/mol. The van der Waals surface area contributed by atoms with E-state index in [0.717, 1.165) is 5.82 Å². The van der Waals surface area contributed by atoms with Gasteiger partial charge in [0.25, 0.3) is 0 Å². The van der Waals surface area contributed by atoms with Gasteiger partial charge in [-0.1, -0.05) is 11.6 Å². The fraction of sp³-hybridized carbons (Fsp3) is 0.556. The molecule has 3 nitrogen and oxygen atoms in total. The minimum Gasteiger partial charge on any atom is -0.298 e. The van der Waals surface area contributed by atoms with E-state index in [1.165, 1.54) is 0 Å². The van der Waals surface area contributed by atoms with Crippen LogP contribution in [-0.4, -0.2) is 29.0 Å². The number of aromatic nitrogens is 2. The van der Waals surface area contributed by atoms with Crippen molar-refractivity contribution in [2.45, 2.75) is 19.4 Å². The Morgan fingerprint density at radius 3 is 2.46 bits per heavy atom. The third-order valence-electron chi connectivity index (χ3n) is 2.29. The van der Waals surface area contributed by atoms with Gasteiger partial charge >= 0.3 is 0 Å². The number of nitrogens with zero attached hydrogens (tertiary/aromatic N) is 3. The summed E-state index contributed by atoms with van der Waals surface area (Å²) in [5.74, 6) is 0.741. The summed E-state index contributed by atoms with van der Waals surface area (Å²) in [7, 11) is 3.98. The van der Waals surface area contributed by atoms with Gasteiger partial charge in [0.2, 0.25) is 0 Å². The minimum absolute atomic E-state index is 0.190. The molecule has 0 aromatic carbocycles. The summed E-state index contributed by atoms with van der Waals surface area (Å²) in [4.78, 5) is 10.4. The smallest absolute Gasteiger partial charge is 0.149 e. The summed E-state index contributed by atoms with van der Waals surface area (Å²) < 4.78 is 0. The van der Waals surface area contributed by atoms with E-state index in [1.54, 1.807) is 12.3 Å².